The van der Waals surface area contributed by atoms with Gasteiger partial charge in [0.25, 0.3) is 0 Å². The lowest BCUT2D eigenvalue weighted by molar-refractivity contribution is -0.133. The van der Waals surface area contributed by atoms with Crippen LogP contribution in [0.4, 0.5) is 0 Å². The topological polar surface area (TPSA) is 58.2 Å². The molecule has 2 unspecified atom stereocenters. The van der Waals surface area contributed by atoms with E-state index in [9.17, 15) is 9.59 Å². The van der Waals surface area contributed by atoms with E-state index in [0.717, 1.165) is 29.0 Å². The van der Waals surface area contributed by atoms with Crippen molar-refractivity contribution in [3.05, 3.63) is 69.0 Å². The van der Waals surface area contributed by atoms with Crippen LogP contribution in [-0.2, 0) is 22.7 Å². The summed E-state index contributed by atoms with van der Waals surface area (Å²) < 4.78 is 0. The monoisotopic (exact) mass is 512 g/mol. The average Bonchev–Trinajstić information content (AvgIpc) is 3.64. The van der Waals surface area contributed by atoms with Crippen molar-refractivity contribution >= 4 is 57.2 Å². The summed E-state index contributed by atoms with van der Waals surface area (Å²) in [5.74, 6) is -0.497. The largest absolute Gasteiger partial charge is 0.351 e. The van der Waals surface area contributed by atoms with Crippen molar-refractivity contribution in [3.8, 4) is 19.5 Å². The third-order valence-corrected chi connectivity index (χ3v) is 10.2. The van der Waals surface area contributed by atoms with Gasteiger partial charge < -0.3 is 10.6 Å². The lowest BCUT2D eigenvalue weighted by Gasteiger charge is -2.18. The number of hydrogen-bond donors (Lipinski definition) is 2. The zero-order valence-corrected chi connectivity index (χ0v) is 21.2. The highest BCUT2D eigenvalue weighted by atomic mass is 32.1. The molecule has 5 rings (SSSR count). The molecule has 4 aromatic rings. The van der Waals surface area contributed by atoms with Gasteiger partial charge in [-0.05, 0) is 60.0 Å². The molecule has 2 atom stereocenters. The zero-order valence-electron chi connectivity index (χ0n) is 17.9. The normalized spacial score (nSPS) is 17.8. The molecule has 2 N–H and O–H groups in total. The van der Waals surface area contributed by atoms with Crippen LogP contribution in [0.15, 0.2) is 59.3 Å². The minimum absolute atomic E-state index is 0.00479. The van der Waals surface area contributed by atoms with Gasteiger partial charge >= 0.3 is 0 Å². The molecule has 4 aromatic heterocycles. The molecule has 4 nitrogen and oxygen atoms in total. The highest BCUT2D eigenvalue weighted by Crippen LogP contribution is 2.34. The average molecular weight is 513 g/mol. The SMILES string of the molecule is O=C(NCc1ccc(-c2cccs2)s1)C1CCCC1C(=O)NCc1ccc(-c2cccs2)s1. The Bertz CT molecular complexity index is 1110. The van der Waals surface area contributed by atoms with E-state index in [1.54, 1.807) is 45.3 Å². The predicted octanol–water partition coefficient (Wildman–Crippen LogP) is 6.62. The molecule has 0 radical (unpaired) electrons. The maximum atomic E-state index is 12.9. The van der Waals surface area contributed by atoms with E-state index in [0.29, 0.717) is 13.1 Å². The molecular weight excluding hydrogens is 489 g/mol. The van der Waals surface area contributed by atoms with Gasteiger partial charge in [0.15, 0.2) is 0 Å². The molecule has 0 saturated heterocycles. The summed E-state index contributed by atoms with van der Waals surface area (Å²) in [5, 5.41) is 10.3. The quantitative estimate of drug-likeness (QED) is 0.279. The van der Waals surface area contributed by atoms with Gasteiger partial charge in [0.1, 0.15) is 0 Å². The van der Waals surface area contributed by atoms with Crippen LogP contribution >= 0.6 is 45.3 Å². The first-order valence-corrected chi connectivity index (χ1v) is 14.4. The van der Waals surface area contributed by atoms with E-state index in [1.807, 2.05) is 12.1 Å². The Hall–Kier alpha value is -2.26. The minimum atomic E-state index is -0.244. The van der Waals surface area contributed by atoms with Gasteiger partial charge in [-0.1, -0.05) is 18.6 Å². The number of carbonyl (C=O) groups excluding carboxylic acids is 2. The Morgan fingerprint density at radius 1 is 0.697 bits per heavy atom. The van der Waals surface area contributed by atoms with Crippen LogP contribution in [0.1, 0.15) is 29.0 Å². The van der Waals surface area contributed by atoms with E-state index in [-0.39, 0.29) is 23.7 Å². The molecule has 1 aliphatic rings. The number of rotatable bonds is 8. The Balaban J connectivity index is 1.13. The molecule has 0 aromatic carbocycles. The lowest BCUT2D eigenvalue weighted by atomic mass is 9.94. The molecule has 0 spiro atoms. The van der Waals surface area contributed by atoms with Gasteiger partial charge in [-0.3, -0.25) is 9.59 Å². The number of hydrogen-bond acceptors (Lipinski definition) is 6. The maximum absolute atomic E-state index is 12.9. The molecule has 8 heteroatoms. The van der Waals surface area contributed by atoms with Gasteiger partial charge in [-0.25, -0.2) is 0 Å². The Morgan fingerprint density at radius 2 is 1.18 bits per heavy atom. The zero-order chi connectivity index (χ0) is 22.6. The smallest absolute Gasteiger partial charge is 0.224 e. The lowest BCUT2D eigenvalue weighted by Crippen LogP contribution is -2.39. The predicted molar refractivity (Wildman–Crippen MR) is 140 cm³/mol. The van der Waals surface area contributed by atoms with Crippen molar-refractivity contribution in [2.75, 3.05) is 0 Å². The van der Waals surface area contributed by atoms with Crippen molar-refractivity contribution < 1.29 is 9.59 Å². The van der Waals surface area contributed by atoms with E-state index in [2.05, 4.69) is 57.8 Å². The third-order valence-electron chi connectivity index (χ3n) is 5.91. The second-order valence-corrected chi connectivity index (χ2v) is 12.3. The molecule has 1 saturated carbocycles. The van der Waals surface area contributed by atoms with Gasteiger partial charge in [0.2, 0.25) is 11.8 Å². The summed E-state index contributed by atoms with van der Waals surface area (Å²) in [7, 11) is 0. The van der Waals surface area contributed by atoms with E-state index < -0.39 is 0 Å². The highest BCUT2D eigenvalue weighted by Gasteiger charge is 2.37. The van der Waals surface area contributed by atoms with Crippen LogP contribution in [-0.4, -0.2) is 11.8 Å². The Labute approximate surface area is 209 Å². The summed E-state index contributed by atoms with van der Waals surface area (Å²) in [6, 6.07) is 16.7. The summed E-state index contributed by atoms with van der Waals surface area (Å²) in [6.45, 7) is 1.03. The molecule has 33 heavy (non-hydrogen) atoms. The van der Waals surface area contributed by atoms with Gasteiger partial charge in [0.05, 0.1) is 13.1 Å². The molecule has 4 heterocycles. The van der Waals surface area contributed by atoms with Crippen molar-refractivity contribution in [3.63, 3.8) is 0 Å². The number of thiophene rings is 4. The Morgan fingerprint density at radius 3 is 1.61 bits per heavy atom. The third kappa shape index (κ3) is 5.30. The fourth-order valence-corrected chi connectivity index (χ4v) is 7.81. The summed E-state index contributed by atoms with van der Waals surface area (Å²) >= 11 is 6.86. The molecule has 2 amide bonds. The summed E-state index contributed by atoms with van der Waals surface area (Å²) in [6.07, 6.45) is 2.46. The van der Waals surface area contributed by atoms with Crippen LogP contribution in [0.3, 0.4) is 0 Å². The molecule has 1 fully saturated rings. The Kier molecular flexibility index (Phi) is 7.06. The van der Waals surface area contributed by atoms with Crippen molar-refractivity contribution in [2.45, 2.75) is 32.4 Å². The van der Waals surface area contributed by atoms with Crippen LogP contribution in [0.2, 0.25) is 0 Å². The van der Waals surface area contributed by atoms with Crippen LogP contribution in [0, 0.1) is 11.8 Å². The number of carbonyl (C=O) groups is 2. The fraction of sp³-hybridized carbons (Fsp3) is 0.280. The van der Waals surface area contributed by atoms with Gasteiger partial charge in [-0.2, -0.15) is 0 Å². The van der Waals surface area contributed by atoms with Gasteiger partial charge in [0, 0.05) is 41.1 Å². The first kappa shape index (κ1) is 22.5. The number of nitrogens with one attached hydrogen (secondary N) is 2. The van der Waals surface area contributed by atoms with E-state index in [1.165, 1.54) is 19.5 Å². The molecule has 0 bridgehead atoms. The second kappa shape index (κ2) is 10.3. The fourth-order valence-electron chi connectivity index (χ4n) is 4.25. The second-order valence-electron chi connectivity index (χ2n) is 8.07. The van der Waals surface area contributed by atoms with Crippen LogP contribution < -0.4 is 10.6 Å². The minimum Gasteiger partial charge on any atom is -0.351 e. The molecule has 1 aliphatic carbocycles. The van der Waals surface area contributed by atoms with Crippen molar-refractivity contribution in [2.24, 2.45) is 11.8 Å². The van der Waals surface area contributed by atoms with Crippen molar-refractivity contribution in [1.29, 1.82) is 0 Å². The van der Waals surface area contributed by atoms with E-state index in [4.69, 9.17) is 0 Å². The van der Waals surface area contributed by atoms with Crippen LogP contribution in [0.25, 0.3) is 19.5 Å². The van der Waals surface area contributed by atoms with Gasteiger partial charge in [-0.15, -0.1) is 45.3 Å². The molecular formula is C25H24N2O2S4. The highest BCUT2D eigenvalue weighted by molar-refractivity contribution is 7.21. The number of amides is 2. The standard InChI is InChI=1S/C25H24N2O2S4/c28-24(26-14-16-8-10-22(32-16)20-6-2-12-30-20)18-4-1-5-19(18)25(29)27-15-17-9-11-23(33-17)21-7-3-13-31-21/h2-3,6-13,18-19H,1,4-5,14-15H2,(H,26,28)(H,27,29). The first-order chi connectivity index (χ1) is 16.2. The van der Waals surface area contributed by atoms with Crippen LogP contribution in [0.5, 0.6) is 0 Å². The maximum Gasteiger partial charge on any atom is 0.224 e. The summed E-state index contributed by atoms with van der Waals surface area (Å²) in [5.41, 5.74) is 0. The summed E-state index contributed by atoms with van der Waals surface area (Å²) in [4.78, 5) is 33.0. The van der Waals surface area contributed by atoms with Crippen molar-refractivity contribution in [1.82, 2.24) is 10.6 Å². The van der Waals surface area contributed by atoms with E-state index >= 15 is 0 Å². The molecule has 170 valence electrons. The molecule has 0 aliphatic heterocycles. The first-order valence-electron chi connectivity index (χ1n) is 11.0.